The minimum atomic E-state index is -5.19. The van der Waals surface area contributed by atoms with Gasteiger partial charge in [-0.05, 0) is 73.5 Å². The van der Waals surface area contributed by atoms with Gasteiger partial charge >= 0.3 is 18.2 Å². The Bertz CT molecular complexity index is 1710. The van der Waals surface area contributed by atoms with E-state index < -0.39 is 36.1 Å². The van der Waals surface area contributed by atoms with Crippen LogP contribution in [0.25, 0.3) is 0 Å². The first kappa shape index (κ1) is 38.0. The van der Waals surface area contributed by atoms with Crippen LogP contribution in [0.1, 0.15) is 34.8 Å². The molecule has 3 N–H and O–H groups in total. The van der Waals surface area contributed by atoms with Crippen LogP contribution in [-0.4, -0.2) is 85.1 Å². The number of anilines is 1. The van der Waals surface area contributed by atoms with Gasteiger partial charge in [0.05, 0.1) is 37.8 Å². The number of carbonyl (C=O) groups is 4. The molecule has 2 aliphatic heterocycles. The molecule has 50 heavy (non-hydrogen) atoms. The zero-order valence-corrected chi connectivity index (χ0v) is 28.0. The van der Waals surface area contributed by atoms with Gasteiger partial charge in [-0.15, -0.1) is 0 Å². The molecule has 1 saturated heterocycles. The molecular weight excluding hydrogens is 685 g/mol. The summed E-state index contributed by atoms with van der Waals surface area (Å²) < 4.78 is 48.2. The number of nitrogens with two attached hydrogens (primary N) is 1. The fourth-order valence-corrected chi connectivity index (χ4v) is 5.92. The first-order valence-corrected chi connectivity index (χ1v) is 15.9. The molecule has 3 atom stereocenters. The Hall–Kier alpha value is -4.86. The number of carbonyl (C=O) groups excluding carboxylic acids is 4. The van der Waals surface area contributed by atoms with E-state index in [4.69, 9.17) is 41.4 Å². The lowest BCUT2D eigenvalue weighted by molar-refractivity contribution is -0.911. The normalized spacial score (nSPS) is 18.3. The number of rotatable bonds is 9. The number of ether oxygens (including phenoxy) is 3. The maximum absolute atomic E-state index is 13.9. The summed E-state index contributed by atoms with van der Waals surface area (Å²) in [5.41, 5.74) is 9.11. The first-order chi connectivity index (χ1) is 23.6. The summed E-state index contributed by atoms with van der Waals surface area (Å²) >= 11 is 6.15. The number of likely N-dealkylation sites (tertiary alicyclic amines) is 1. The van der Waals surface area contributed by atoms with E-state index in [0.717, 1.165) is 29.2 Å². The van der Waals surface area contributed by atoms with Gasteiger partial charge in [0, 0.05) is 22.7 Å². The number of hydrogen-bond donors (Lipinski definition) is 2. The molecule has 0 saturated carbocycles. The van der Waals surface area contributed by atoms with Gasteiger partial charge in [0.25, 0.3) is 0 Å². The monoisotopic (exact) mass is 720 g/mol. The van der Waals surface area contributed by atoms with E-state index in [1.807, 2.05) is 24.3 Å². The lowest BCUT2D eigenvalue weighted by Gasteiger charge is -2.33. The molecule has 268 valence electrons. The Morgan fingerprint density at radius 3 is 2.38 bits per heavy atom. The maximum Gasteiger partial charge on any atom is 0.430 e. The van der Waals surface area contributed by atoms with Gasteiger partial charge in [-0.2, -0.15) is 13.2 Å². The molecule has 2 heterocycles. The van der Waals surface area contributed by atoms with Crippen LogP contribution < -0.4 is 25.6 Å². The number of alkyl halides is 3. The second-order valence-electron chi connectivity index (χ2n) is 12.0. The topological polar surface area (TPSA) is 160 Å². The molecule has 5 rings (SSSR count). The van der Waals surface area contributed by atoms with E-state index in [1.54, 1.807) is 49.4 Å². The molecule has 0 aromatic heterocycles. The van der Waals surface area contributed by atoms with Crippen molar-refractivity contribution >= 4 is 41.2 Å². The van der Waals surface area contributed by atoms with Gasteiger partial charge in [0.15, 0.2) is 11.5 Å². The van der Waals surface area contributed by atoms with Crippen LogP contribution in [0, 0.1) is 0 Å². The number of carboxylic acids is 1. The molecule has 16 heteroatoms. The quantitative estimate of drug-likeness (QED) is 0.247. The highest BCUT2D eigenvalue weighted by molar-refractivity contribution is 6.30. The highest BCUT2D eigenvalue weighted by atomic mass is 35.5. The number of nitrogens with zero attached hydrogens (tertiary/aromatic N) is 2. The number of urea groups is 1. The van der Waals surface area contributed by atoms with E-state index >= 15 is 0 Å². The van der Waals surface area contributed by atoms with Crippen LogP contribution in [0.15, 0.2) is 66.7 Å². The number of halogens is 4. The Morgan fingerprint density at radius 1 is 1.06 bits per heavy atom. The summed E-state index contributed by atoms with van der Waals surface area (Å²) in [7, 11) is 2.12. The molecule has 0 radical (unpaired) electrons. The Labute approximate surface area is 291 Å². The molecule has 3 amide bonds. The lowest BCUT2D eigenvalue weighted by atomic mass is 10.0. The number of imide groups is 1. The van der Waals surface area contributed by atoms with Gasteiger partial charge in [-0.3, -0.25) is 9.69 Å². The minimum absolute atomic E-state index is 0.208. The number of esters is 1. The van der Waals surface area contributed by atoms with Gasteiger partial charge in [-0.25, -0.2) is 9.59 Å². The van der Waals surface area contributed by atoms with Crippen molar-refractivity contribution in [3.05, 3.63) is 88.4 Å². The van der Waals surface area contributed by atoms with E-state index in [2.05, 4.69) is 12.4 Å². The molecule has 2 aliphatic rings. The first-order valence-electron chi connectivity index (χ1n) is 15.5. The SMILES string of the molecule is CCOC(=O)c1ccc(NC(=O)N(C(=O)[C@@H](N)Cc2cccc(Cl)c2)[C@H]2CC[N+](C)(Cc3ccc4c(c3)OCO4)C2)cc1.O=C([O-])C(F)(F)F. The van der Waals surface area contributed by atoms with Gasteiger partial charge < -0.3 is 39.6 Å². The summed E-state index contributed by atoms with van der Waals surface area (Å²) in [6.07, 6.45) is -4.35. The number of hydrogen-bond acceptors (Lipinski definition) is 9. The fourth-order valence-electron chi connectivity index (χ4n) is 5.70. The molecule has 0 spiro atoms. The molecular formula is C34H36ClF3N4O8. The highest BCUT2D eigenvalue weighted by Gasteiger charge is 2.43. The van der Waals surface area contributed by atoms with Crippen molar-refractivity contribution in [3.8, 4) is 11.5 Å². The van der Waals surface area contributed by atoms with Crippen LogP contribution in [0.5, 0.6) is 11.5 Å². The number of carboxylic acid groups (broad SMARTS) is 1. The van der Waals surface area contributed by atoms with Crippen molar-refractivity contribution < 1.29 is 56.1 Å². The van der Waals surface area contributed by atoms with Gasteiger partial charge in [0.1, 0.15) is 19.1 Å². The van der Waals surface area contributed by atoms with Crippen LogP contribution in [-0.2, 0) is 27.3 Å². The van der Waals surface area contributed by atoms with Crippen molar-refractivity contribution in [1.29, 1.82) is 0 Å². The smallest absolute Gasteiger partial charge is 0.430 e. The second kappa shape index (κ2) is 16.2. The van der Waals surface area contributed by atoms with Gasteiger partial charge in [0.2, 0.25) is 12.7 Å². The maximum atomic E-state index is 13.9. The van der Waals surface area contributed by atoms with E-state index in [9.17, 15) is 27.6 Å². The van der Waals surface area contributed by atoms with Crippen molar-refractivity contribution in [1.82, 2.24) is 4.90 Å². The average molecular weight is 721 g/mol. The zero-order valence-electron chi connectivity index (χ0n) is 27.2. The Balaban J connectivity index is 0.000000727. The molecule has 3 aromatic carbocycles. The lowest BCUT2D eigenvalue weighted by Crippen LogP contribution is -2.55. The summed E-state index contributed by atoms with van der Waals surface area (Å²) in [4.78, 5) is 49.7. The number of fused-ring (bicyclic) bond motifs is 1. The van der Waals surface area contributed by atoms with Crippen molar-refractivity contribution in [3.63, 3.8) is 0 Å². The highest BCUT2D eigenvalue weighted by Crippen LogP contribution is 2.34. The van der Waals surface area contributed by atoms with Crippen molar-refractivity contribution in [2.24, 2.45) is 5.73 Å². The summed E-state index contributed by atoms with van der Waals surface area (Å²) in [6, 6.07) is 17.5. The largest absolute Gasteiger partial charge is 0.542 e. The van der Waals surface area contributed by atoms with Gasteiger partial charge in [-0.1, -0.05) is 23.7 Å². The third-order valence-electron chi connectivity index (χ3n) is 8.02. The van der Waals surface area contributed by atoms with Crippen LogP contribution in [0.4, 0.5) is 23.7 Å². The third-order valence-corrected chi connectivity index (χ3v) is 8.25. The molecule has 1 unspecified atom stereocenters. The average Bonchev–Trinajstić information content (AvgIpc) is 3.67. The number of nitrogens with one attached hydrogen (secondary N) is 1. The van der Waals surface area contributed by atoms with Crippen molar-refractivity contribution in [2.75, 3.05) is 38.9 Å². The van der Waals surface area contributed by atoms with E-state index in [-0.39, 0.29) is 25.9 Å². The molecule has 1 fully saturated rings. The summed E-state index contributed by atoms with van der Waals surface area (Å²) in [5, 5.41) is 12.2. The predicted molar refractivity (Wildman–Crippen MR) is 173 cm³/mol. The van der Waals surface area contributed by atoms with E-state index in [0.29, 0.717) is 40.3 Å². The standard InChI is InChI=1S/C32H35ClN4O6.C2HF3O2/c1-3-41-31(39)23-8-10-25(11-9-23)35-32(40)36(30(38)27(34)16-21-5-4-6-24(33)15-21)26-13-14-37(2,19-26)18-22-7-12-28-29(17-22)43-20-42-28;3-2(4,5)1(6)7/h4-12,15,17,26-27H,3,13-14,16,18-20,34H2,1-2H3;(H,6,7)/t26-,27-,37?;/m0./s1. The number of amides is 3. The number of quaternary nitrogens is 1. The molecule has 0 aliphatic carbocycles. The zero-order chi connectivity index (χ0) is 36.6. The minimum Gasteiger partial charge on any atom is -0.542 e. The second-order valence-corrected chi connectivity index (χ2v) is 12.4. The summed E-state index contributed by atoms with van der Waals surface area (Å²) in [5.74, 6) is -2.48. The molecule has 12 nitrogen and oxygen atoms in total. The third kappa shape index (κ3) is 10.1. The van der Waals surface area contributed by atoms with Crippen molar-refractivity contribution in [2.45, 2.75) is 44.6 Å². The van der Waals surface area contributed by atoms with Crippen LogP contribution in [0.2, 0.25) is 5.02 Å². The number of likely N-dealkylation sites (N-methyl/N-ethyl adjacent to an activating group) is 1. The Kier molecular flexibility index (Phi) is 12.3. The van der Waals surface area contributed by atoms with Crippen LogP contribution >= 0.6 is 11.6 Å². The fraction of sp³-hybridized carbons (Fsp3) is 0.353. The number of aliphatic carboxylic acids is 1. The Morgan fingerprint density at radius 2 is 1.74 bits per heavy atom. The molecule has 0 bridgehead atoms. The van der Waals surface area contributed by atoms with Crippen LogP contribution in [0.3, 0.4) is 0 Å². The number of benzene rings is 3. The molecule has 3 aromatic rings. The van der Waals surface area contributed by atoms with E-state index in [1.165, 1.54) is 4.90 Å². The summed E-state index contributed by atoms with van der Waals surface area (Å²) in [6.45, 7) is 4.21. The predicted octanol–water partition coefficient (Wildman–Crippen LogP) is 3.89.